The molecule has 0 aromatic carbocycles. The summed E-state index contributed by atoms with van der Waals surface area (Å²) in [6.07, 6.45) is 3.96. The monoisotopic (exact) mass is 126 g/mol. The van der Waals surface area contributed by atoms with Crippen LogP contribution in [-0.2, 0) is 0 Å². The Labute approximate surface area is 57.8 Å². The zero-order chi connectivity index (χ0) is 6.69. The molecule has 2 atom stereocenters. The highest BCUT2D eigenvalue weighted by molar-refractivity contribution is 4.77. The summed E-state index contributed by atoms with van der Waals surface area (Å²) >= 11 is 0. The van der Waals surface area contributed by atoms with Crippen LogP contribution in [0.3, 0.4) is 0 Å². The molecule has 1 fully saturated rings. The molecule has 0 aromatic heterocycles. The lowest BCUT2D eigenvalue weighted by Crippen LogP contribution is -2.22. The van der Waals surface area contributed by atoms with E-state index in [1.54, 1.807) is 0 Å². The number of nitrogens with zero attached hydrogens (tertiary/aromatic N) is 1. The molecule has 1 heterocycles. The summed E-state index contributed by atoms with van der Waals surface area (Å²) in [7, 11) is 0. The molecule has 1 nitrogen and oxygen atoms in total. The van der Waals surface area contributed by atoms with E-state index in [9.17, 15) is 0 Å². The Balaban J connectivity index is 2.24. The molecule has 1 heteroatoms. The molecular formula is C8H16N. The van der Waals surface area contributed by atoms with Crippen molar-refractivity contribution in [3.63, 3.8) is 0 Å². The molecule has 0 aliphatic carbocycles. The van der Waals surface area contributed by atoms with Crippen LogP contribution in [0.5, 0.6) is 0 Å². The lowest BCUT2D eigenvalue weighted by molar-refractivity contribution is 0.404. The lowest BCUT2D eigenvalue weighted by atomic mass is 9.98. The lowest BCUT2D eigenvalue weighted by Gasteiger charge is -2.14. The number of hydrogen-bond acceptors (Lipinski definition) is 0. The summed E-state index contributed by atoms with van der Waals surface area (Å²) in [5, 5.41) is 4.51. The largest absolute Gasteiger partial charge is 0.238 e. The average molecular weight is 126 g/mol. The van der Waals surface area contributed by atoms with Gasteiger partial charge in [-0.3, -0.25) is 0 Å². The topological polar surface area (TPSA) is 14.1 Å². The third kappa shape index (κ3) is 1.68. The van der Waals surface area contributed by atoms with Gasteiger partial charge in [0.1, 0.15) is 0 Å². The first-order valence-corrected chi connectivity index (χ1v) is 4.01. The van der Waals surface area contributed by atoms with Gasteiger partial charge in [-0.2, -0.15) is 0 Å². The fourth-order valence-corrected chi connectivity index (χ4v) is 1.39. The van der Waals surface area contributed by atoms with Crippen molar-refractivity contribution in [2.24, 2.45) is 5.92 Å². The van der Waals surface area contributed by atoms with Crippen LogP contribution in [0.25, 0.3) is 0 Å². The maximum Gasteiger partial charge on any atom is 0.0272 e. The van der Waals surface area contributed by atoms with Gasteiger partial charge in [0.15, 0.2) is 0 Å². The van der Waals surface area contributed by atoms with Crippen molar-refractivity contribution in [3.8, 4) is 0 Å². The molecule has 2 unspecified atom stereocenters. The molecule has 0 aromatic rings. The quantitative estimate of drug-likeness (QED) is 0.535. The van der Waals surface area contributed by atoms with Crippen molar-refractivity contribution in [3.05, 3.63) is 0 Å². The first-order valence-electron chi connectivity index (χ1n) is 4.01. The summed E-state index contributed by atoms with van der Waals surface area (Å²) in [5.41, 5.74) is 0. The molecular weight excluding hydrogens is 110 g/mol. The minimum absolute atomic E-state index is 0.704. The van der Waals surface area contributed by atoms with E-state index in [1.165, 1.54) is 19.3 Å². The van der Waals surface area contributed by atoms with Gasteiger partial charge < -0.3 is 0 Å². The smallest absolute Gasteiger partial charge is 0.0272 e. The molecule has 0 amide bonds. The minimum Gasteiger partial charge on any atom is -0.238 e. The summed E-state index contributed by atoms with van der Waals surface area (Å²) in [6.45, 7) is 5.67. The summed E-state index contributed by atoms with van der Waals surface area (Å²) in [5.74, 6) is 0.826. The van der Waals surface area contributed by atoms with Gasteiger partial charge in [0.25, 0.3) is 0 Å². The Morgan fingerprint density at radius 3 is 2.89 bits per heavy atom. The third-order valence-corrected chi connectivity index (χ3v) is 2.32. The molecule has 1 aliphatic heterocycles. The van der Waals surface area contributed by atoms with Crippen LogP contribution in [0.1, 0.15) is 33.1 Å². The Morgan fingerprint density at radius 2 is 2.44 bits per heavy atom. The van der Waals surface area contributed by atoms with E-state index in [0.29, 0.717) is 6.04 Å². The summed E-state index contributed by atoms with van der Waals surface area (Å²) in [4.78, 5) is 0. The van der Waals surface area contributed by atoms with Crippen LogP contribution in [0, 0.1) is 5.92 Å². The maximum absolute atomic E-state index is 4.51. The Bertz CT molecular complexity index is 74.6. The van der Waals surface area contributed by atoms with Crippen molar-refractivity contribution in [2.75, 3.05) is 6.54 Å². The SMILES string of the molecule is CCC(C)C1CCC[N]1. The van der Waals surface area contributed by atoms with Crippen molar-refractivity contribution >= 4 is 0 Å². The summed E-state index contributed by atoms with van der Waals surface area (Å²) < 4.78 is 0. The van der Waals surface area contributed by atoms with Crippen molar-refractivity contribution in [2.45, 2.75) is 39.2 Å². The normalized spacial score (nSPS) is 30.7. The van der Waals surface area contributed by atoms with Gasteiger partial charge in [0.05, 0.1) is 0 Å². The second-order valence-corrected chi connectivity index (χ2v) is 3.00. The third-order valence-electron chi connectivity index (χ3n) is 2.32. The molecule has 1 rings (SSSR count). The predicted octanol–water partition coefficient (Wildman–Crippen LogP) is 1.80. The first kappa shape index (κ1) is 7.07. The Morgan fingerprint density at radius 1 is 1.67 bits per heavy atom. The fourth-order valence-electron chi connectivity index (χ4n) is 1.39. The van der Waals surface area contributed by atoms with E-state index in [4.69, 9.17) is 0 Å². The van der Waals surface area contributed by atoms with E-state index in [1.807, 2.05) is 0 Å². The fraction of sp³-hybridized carbons (Fsp3) is 1.00. The highest BCUT2D eigenvalue weighted by atomic mass is 14.9. The molecule has 0 N–H and O–H groups in total. The molecule has 9 heavy (non-hydrogen) atoms. The van der Waals surface area contributed by atoms with Gasteiger partial charge in [-0.15, -0.1) is 0 Å². The van der Waals surface area contributed by atoms with E-state index in [-0.39, 0.29) is 0 Å². The second-order valence-electron chi connectivity index (χ2n) is 3.00. The van der Waals surface area contributed by atoms with Gasteiger partial charge in [0.2, 0.25) is 0 Å². The van der Waals surface area contributed by atoms with Crippen molar-refractivity contribution in [1.29, 1.82) is 0 Å². The molecule has 1 saturated heterocycles. The Hall–Kier alpha value is -0.0400. The maximum atomic E-state index is 4.51. The van der Waals surface area contributed by atoms with Crippen LogP contribution < -0.4 is 5.32 Å². The Kier molecular flexibility index (Phi) is 2.52. The molecule has 0 spiro atoms. The molecule has 1 radical (unpaired) electrons. The predicted molar refractivity (Wildman–Crippen MR) is 39.5 cm³/mol. The van der Waals surface area contributed by atoms with Gasteiger partial charge in [-0.05, 0) is 18.8 Å². The summed E-state index contributed by atoms with van der Waals surface area (Å²) in [6, 6.07) is 0.704. The highest BCUT2D eigenvalue weighted by Crippen LogP contribution is 2.17. The zero-order valence-electron chi connectivity index (χ0n) is 6.43. The van der Waals surface area contributed by atoms with Gasteiger partial charge in [-0.1, -0.05) is 20.3 Å². The van der Waals surface area contributed by atoms with Crippen molar-refractivity contribution < 1.29 is 0 Å². The van der Waals surface area contributed by atoms with Crippen LogP contribution >= 0.6 is 0 Å². The van der Waals surface area contributed by atoms with Crippen LogP contribution in [-0.4, -0.2) is 12.6 Å². The van der Waals surface area contributed by atoms with E-state index in [2.05, 4.69) is 19.2 Å². The molecule has 53 valence electrons. The molecule has 0 saturated carbocycles. The minimum atomic E-state index is 0.704. The van der Waals surface area contributed by atoms with Gasteiger partial charge >= 0.3 is 0 Å². The van der Waals surface area contributed by atoms with Crippen LogP contribution in [0.15, 0.2) is 0 Å². The van der Waals surface area contributed by atoms with Gasteiger partial charge in [-0.25, -0.2) is 5.32 Å². The van der Waals surface area contributed by atoms with E-state index in [0.717, 1.165) is 12.5 Å². The first-order chi connectivity index (χ1) is 4.34. The second kappa shape index (κ2) is 3.21. The number of rotatable bonds is 2. The van der Waals surface area contributed by atoms with Crippen molar-refractivity contribution in [1.82, 2.24) is 5.32 Å². The molecule has 1 aliphatic rings. The van der Waals surface area contributed by atoms with Crippen LogP contribution in [0.4, 0.5) is 0 Å². The number of hydrogen-bond donors (Lipinski definition) is 0. The molecule has 0 bridgehead atoms. The van der Waals surface area contributed by atoms with E-state index < -0.39 is 0 Å². The highest BCUT2D eigenvalue weighted by Gasteiger charge is 2.19. The zero-order valence-corrected chi connectivity index (χ0v) is 6.43. The van der Waals surface area contributed by atoms with E-state index >= 15 is 0 Å². The standard InChI is InChI=1S/C8H16N/c1-3-7(2)8-5-4-6-9-8/h7-8H,3-6H2,1-2H3. The van der Waals surface area contributed by atoms with Crippen LogP contribution in [0.2, 0.25) is 0 Å². The average Bonchev–Trinajstić information content (AvgIpc) is 2.37. The van der Waals surface area contributed by atoms with Gasteiger partial charge in [0, 0.05) is 12.6 Å².